The lowest BCUT2D eigenvalue weighted by Gasteiger charge is -2.61. The normalized spacial score (nSPS) is 26.8. The van der Waals surface area contributed by atoms with E-state index in [2.05, 4.69) is 39.3 Å². The van der Waals surface area contributed by atoms with Crippen molar-refractivity contribution in [1.82, 2.24) is 19.7 Å². The number of hydrogen-bond acceptors (Lipinski definition) is 8. The van der Waals surface area contributed by atoms with Gasteiger partial charge in [-0.3, -0.25) is 14.3 Å². The highest BCUT2D eigenvalue weighted by Gasteiger charge is 2.59. The molecular weight excluding hydrogens is 716 g/mol. The lowest BCUT2D eigenvalue weighted by atomic mass is 9.47. The second-order valence-corrected chi connectivity index (χ2v) is 18.9. The SMILES string of the molecule is C=C(/C=C\C)SC(C)N(C)C(=O)c1ccc(F)c2c1CN(c1ccc(-c3cnn(CC4(C)CC5(C)CC(C)(CC)CC(ON)(C4)C5)c3C)c(C(=O)O)n1)CC2. The average molecular weight is 773 g/mol. The second-order valence-electron chi connectivity index (χ2n) is 17.5. The number of carboxylic acids is 1. The van der Waals surface area contributed by atoms with Gasteiger partial charge in [-0.2, -0.15) is 5.10 Å². The van der Waals surface area contributed by atoms with Gasteiger partial charge in [0.25, 0.3) is 5.91 Å². The van der Waals surface area contributed by atoms with Crippen molar-refractivity contribution in [3.8, 4) is 11.1 Å². The van der Waals surface area contributed by atoms with Crippen molar-refractivity contribution in [1.29, 1.82) is 0 Å². The Hall–Kier alpha value is -4.00. The van der Waals surface area contributed by atoms with Crippen LogP contribution in [0.25, 0.3) is 11.1 Å². The zero-order chi connectivity index (χ0) is 40.1. The Morgan fingerprint density at radius 1 is 1.11 bits per heavy atom. The topological polar surface area (TPSA) is 127 Å². The zero-order valence-electron chi connectivity index (χ0n) is 33.7. The van der Waals surface area contributed by atoms with Crippen LogP contribution in [0.1, 0.15) is 118 Å². The Morgan fingerprint density at radius 3 is 2.49 bits per heavy atom. The number of allylic oxidation sites excluding steroid dienone is 2. The number of rotatable bonds is 12. The standard InChI is InChI=1S/C43H57FN6O4S/c1-10-12-27(3)55-29(5)48(9)38(51)32-13-15-35(44)30-17-18-49(20-34(30)32)36-16-14-31(37(47-36)39(52)53)33-19-46-50(28(33)4)26-42(8)22-41(7)21-40(6,11-2)23-43(24-41,25-42)54-45/h10,12-16,19,29H,3,11,17-18,20-26,45H2,1-2,4-9H3,(H,52,53)/b12-10-. The molecule has 3 aromatic rings. The molecule has 3 heterocycles. The van der Waals surface area contributed by atoms with E-state index in [-0.39, 0.29) is 45.6 Å². The number of pyridine rings is 1. The first kappa shape index (κ1) is 40.7. The van der Waals surface area contributed by atoms with Gasteiger partial charge in [-0.05, 0) is 111 Å². The number of carboxylic acid groups (broad SMARTS) is 1. The van der Waals surface area contributed by atoms with Crippen LogP contribution in [0.15, 0.2) is 54.1 Å². The highest BCUT2D eigenvalue weighted by Crippen LogP contribution is 2.63. The van der Waals surface area contributed by atoms with E-state index in [1.165, 1.54) is 17.8 Å². The molecule has 3 aliphatic rings. The molecule has 3 N–H and O–H groups in total. The molecule has 6 rings (SSSR count). The molecule has 296 valence electrons. The molecule has 5 atom stereocenters. The van der Waals surface area contributed by atoms with Crippen molar-refractivity contribution in [3.63, 3.8) is 0 Å². The minimum absolute atomic E-state index is 0.0827. The minimum Gasteiger partial charge on any atom is -0.476 e. The number of aromatic nitrogens is 3. The number of hydrogen-bond donors (Lipinski definition) is 2. The number of benzene rings is 1. The molecule has 1 amide bonds. The number of halogens is 1. The maximum absolute atomic E-state index is 15.2. The molecule has 2 bridgehead atoms. The predicted molar refractivity (Wildman–Crippen MR) is 217 cm³/mol. The van der Waals surface area contributed by atoms with E-state index in [9.17, 15) is 14.7 Å². The molecule has 1 aliphatic heterocycles. The Bertz CT molecular complexity index is 2030. The molecule has 5 unspecified atom stereocenters. The largest absolute Gasteiger partial charge is 0.476 e. The fourth-order valence-electron chi connectivity index (χ4n) is 10.5. The summed E-state index contributed by atoms with van der Waals surface area (Å²) in [6.07, 6.45) is 11.8. The Labute approximate surface area is 329 Å². The maximum atomic E-state index is 15.2. The third-order valence-corrected chi connectivity index (χ3v) is 13.6. The van der Waals surface area contributed by atoms with E-state index in [1.807, 2.05) is 42.5 Å². The van der Waals surface area contributed by atoms with E-state index in [4.69, 9.17) is 15.8 Å². The summed E-state index contributed by atoms with van der Waals surface area (Å²) >= 11 is 1.47. The Kier molecular flexibility index (Phi) is 11.2. The van der Waals surface area contributed by atoms with Crippen LogP contribution in [0.5, 0.6) is 0 Å². The number of amides is 1. The molecule has 0 radical (unpaired) electrons. The summed E-state index contributed by atoms with van der Waals surface area (Å²) in [5.74, 6) is 4.79. The maximum Gasteiger partial charge on any atom is 0.355 e. The van der Waals surface area contributed by atoms with Gasteiger partial charge in [-0.15, -0.1) is 11.8 Å². The van der Waals surface area contributed by atoms with Gasteiger partial charge in [-0.25, -0.2) is 20.1 Å². The van der Waals surface area contributed by atoms with Crippen LogP contribution in [0.4, 0.5) is 10.2 Å². The molecule has 55 heavy (non-hydrogen) atoms. The van der Waals surface area contributed by atoms with Gasteiger partial charge in [0, 0.05) is 54.0 Å². The molecular formula is C43H57FN6O4S. The Balaban J connectivity index is 1.25. The van der Waals surface area contributed by atoms with Crippen LogP contribution in [0.2, 0.25) is 0 Å². The zero-order valence-corrected chi connectivity index (χ0v) is 34.5. The van der Waals surface area contributed by atoms with Crippen molar-refractivity contribution in [2.24, 2.45) is 22.1 Å². The quantitative estimate of drug-likeness (QED) is 0.105. The molecule has 2 saturated carbocycles. The molecule has 2 aliphatic carbocycles. The lowest BCUT2D eigenvalue weighted by molar-refractivity contribution is -0.199. The van der Waals surface area contributed by atoms with Gasteiger partial charge in [0.05, 0.1) is 17.2 Å². The summed E-state index contributed by atoms with van der Waals surface area (Å²) in [4.78, 5) is 41.6. The van der Waals surface area contributed by atoms with Crippen molar-refractivity contribution in [2.45, 2.75) is 117 Å². The fourth-order valence-corrected chi connectivity index (χ4v) is 11.4. The van der Waals surface area contributed by atoms with E-state index < -0.39 is 11.6 Å². The number of aromatic carboxylic acids is 1. The number of fused-ring (bicyclic) bond motifs is 3. The van der Waals surface area contributed by atoms with Crippen molar-refractivity contribution in [3.05, 3.63) is 88.0 Å². The van der Waals surface area contributed by atoms with Crippen molar-refractivity contribution < 1.29 is 23.9 Å². The summed E-state index contributed by atoms with van der Waals surface area (Å²) in [7, 11) is 1.73. The second kappa shape index (κ2) is 15.2. The van der Waals surface area contributed by atoms with Crippen LogP contribution < -0.4 is 10.8 Å². The summed E-state index contributed by atoms with van der Waals surface area (Å²) in [5, 5.41) is 15.1. The number of anilines is 1. The van der Waals surface area contributed by atoms with Crippen LogP contribution >= 0.6 is 11.8 Å². The summed E-state index contributed by atoms with van der Waals surface area (Å²) in [5.41, 5.74) is 3.19. The Morgan fingerprint density at radius 2 is 1.82 bits per heavy atom. The van der Waals surface area contributed by atoms with E-state index in [0.29, 0.717) is 53.1 Å². The van der Waals surface area contributed by atoms with Gasteiger partial charge in [0.2, 0.25) is 0 Å². The summed E-state index contributed by atoms with van der Waals surface area (Å²) in [6.45, 7) is 20.4. The minimum atomic E-state index is -1.16. The van der Waals surface area contributed by atoms with Crippen molar-refractivity contribution in [2.75, 3.05) is 18.5 Å². The molecule has 2 fully saturated rings. The van der Waals surface area contributed by atoms with E-state index in [1.54, 1.807) is 36.3 Å². The monoisotopic (exact) mass is 772 g/mol. The van der Waals surface area contributed by atoms with Crippen molar-refractivity contribution >= 4 is 29.5 Å². The lowest BCUT2D eigenvalue weighted by Crippen LogP contribution is -2.58. The number of carbonyl (C=O) groups is 2. The molecule has 2 aromatic heterocycles. The van der Waals surface area contributed by atoms with Gasteiger partial charge < -0.3 is 14.9 Å². The molecule has 0 spiro atoms. The van der Waals surface area contributed by atoms with Crippen LogP contribution in [-0.4, -0.2) is 61.2 Å². The van der Waals surface area contributed by atoms with Crippen LogP contribution in [-0.2, 0) is 24.3 Å². The van der Waals surface area contributed by atoms with Gasteiger partial charge >= 0.3 is 5.97 Å². The number of carbonyl (C=O) groups excluding carboxylic acids is 1. The number of nitrogens with two attached hydrogens (primary N) is 1. The summed E-state index contributed by atoms with van der Waals surface area (Å²) in [6, 6.07) is 6.49. The van der Waals surface area contributed by atoms with Gasteiger partial charge in [0.1, 0.15) is 11.6 Å². The molecule has 1 aromatic carbocycles. The summed E-state index contributed by atoms with van der Waals surface area (Å²) < 4.78 is 17.2. The highest BCUT2D eigenvalue weighted by atomic mass is 32.2. The third kappa shape index (κ3) is 8.00. The van der Waals surface area contributed by atoms with E-state index in [0.717, 1.165) is 49.1 Å². The van der Waals surface area contributed by atoms with E-state index >= 15 is 4.39 Å². The molecule has 12 heteroatoms. The van der Waals surface area contributed by atoms with Crippen LogP contribution in [0.3, 0.4) is 0 Å². The first-order valence-corrected chi connectivity index (χ1v) is 20.2. The average Bonchev–Trinajstić information content (AvgIpc) is 3.47. The van der Waals surface area contributed by atoms with Gasteiger partial charge in [-0.1, -0.05) is 52.8 Å². The highest BCUT2D eigenvalue weighted by molar-refractivity contribution is 8.03. The molecule has 10 nitrogen and oxygen atoms in total. The predicted octanol–water partition coefficient (Wildman–Crippen LogP) is 8.93. The number of thioether (sulfide) groups is 1. The first-order valence-electron chi connectivity index (χ1n) is 19.3. The first-order chi connectivity index (χ1) is 25.9. The third-order valence-electron chi connectivity index (χ3n) is 12.5. The molecule has 0 saturated heterocycles. The van der Waals surface area contributed by atoms with Crippen LogP contribution in [0, 0.1) is 29.0 Å². The smallest absolute Gasteiger partial charge is 0.355 e. The van der Waals surface area contributed by atoms with Gasteiger partial charge in [0.15, 0.2) is 5.69 Å². The fraction of sp³-hybridized carbons (Fsp3) is 0.535. The number of nitrogens with zero attached hydrogens (tertiary/aromatic N) is 5.